The Morgan fingerprint density at radius 1 is 1.37 bits per heavy atom. The molecule has 1 aromatic rings. The van der Waals surface area contributed by atoms with Gasteiger partial charge < -0.3 is 10.6 Å². The molecule has 0 saturated carbocycles. The molecule has 0 aromatic heterocycles. The molecule has 2 rings (SSSR count). The molecule has 19 heavy (non-hydrogen) atoms. The van der Waals surface area contributed by atoms with Crippen molar-refractivity contribution in [3.63, 3.8) is 0 Å². The van der Waals surface area contributed by atoms with Crippen molar-refractivity contribution in [1.82, 2.24) is 0 Å². The number of carbonyl (C=O) groups is 1. The Hall–Kier alpha value is -1.35. The Bertz CT molecular complexity index is 476. The van der Waals surface area contributed by atoms with E-state index in [2.05, 4.69) is 13.0 Å². The quantitative estimate of drug-likeness (QED) is 0.843. The number of nitrogens with zero attached hydrogens (tertiary/aromatic N) is 1. The van der Waals surface area contributed by atoms with Crippen LogP contribution in [0.25, 0.3) is 0 Å². The lowest BCUT2D eigenvalue weighted by atomic mass is 9.85. The van der Waals surface area contributed by atoms with Crippen molar-refractivity contribution in [1.29, 1.82) is 0 Å². The lowest BCUT2D eigenvalue weighted by molar-refractivity contribution is -0.122. The molecular formula is C16H24N2O. The highest BCUT2D eigenvalue weighted by Crippen LogP contribution is 2.31. The number of hydrogen-bond donors (Lipinski definition) is 1. The van der Waals surface area contributed by atoms with Gasteiger partial charge in [-0.3, -0.25) is 4.79 Å². The Labute approximate surface area is 115 Å². The maximum absolute atomic E-state index is 12.7. The Morgan fingerprint density at radius 3 is 2.63 bits per heavy atom. The molecule has 2 atom stereocenters. The van der Waals surface area contributed by atoms with E-state index in [1.807, 2.05) is 43.9 Å². The zero-order chi connectivity index (χ0) is 14.2. The molecule has 0 radical (unpaired) electrons. The largest absolute Gasteiger partial charge is 0.319 e. The maximum atomic E-state index is 12.7. The highest BCUT2D eigenvalue weighted by molar-refractivity contribution is 5.98. The minimum absolute atomic E-state index is 0.0338. The molecule has 1 aliphatic rings. The second-order valence-electron chi connectivity index (χ2n) is 6.73. The van der Waals surface area contributed by atoms with E-state index in [9.17, 15) is 4.79 Å². The molecule has 104 valence electrons. The van der Waals surface area contributed by atoms with Gasteiger partial charge in [0.1, 0.15) is 0 Å². The van der Waals surface area contributed by atoms with Crippen molar-refractivity contribution >= 4 is 11.6 Å². The van der Waals surface area contributed by atoms with E-state index in [4.69, 9.17) is 5.73 Å². The van der Waals surface area contributed by atoms with E-state index in [0.717, 1.165) is 18.7 Å². The van der Waals surface area contributed by atoms with Crippen molar-refractivity contribution in [3.05, 3.63) is 29.8 Å². The van der Waals surface area contributed by atoms with E-state index in [1.165, 1.54) is 5.56 Å². The summed E-state index contributed by atoms with van der Waals surface area (Å²) in [7, 11) is 0. The zero-order valence-electron chi connectivity index (χ0n) is 12.3. The van der Waals surface area contributed by atoms with Crippen molar-refractivity contribution in [2.24, 2.45) is 17.1 Å². The van der Waals surface area contributed by atoms with Gasteiger partial charge in [-0.15, -0.1) is 0 Å². The van der Waals surface area contributed by atoms with E-state index in [1.54, 1.807) is 0 Å². The minimum Gasteiger partial charge on any atom is -0.319 e. The molecule has 1 heterocycles. The smallest absolute Gasteiger partial charge is 0.244 e. The third-order valence-corrected chi connectivity index (χ3v) is 3.81. The number of nitrogens with two attached hydrogens (primary N) is 1. The standard InChI is InChI=1S/C16H24N2O/c1-11-9-12-7-5-6-8-13(12)18(10-11)15(19)14(17)16(2,3)4/h5-8,11,14H,9-10,17H2,1-4H3/t11?,14-/m1/s1. The predicted molar refractivity (Wildman–Crippen MR) is 79.1 cm³/mol. The topological polar surface area (TPSA) is 46.3 Å². The normalized spacial score (nSPS) is 20.9. The van der Waals surface area contributed by atoms with E-state index in [-0.39, 0.29) is 11.3 Å². The van der Waals surface area contributed by atoms with Crippen molar-refractivity contribution in [2.75, 3.05) is 11.4 Å². The van der Waals surface area contributed by atoms with Crippen LogP contribution in [0.4, 0.5) is 5.69 Å². The van der Waals surface area contributed by atoms with Crippen LogP contribution in [0.5, 0.6) is 0 Å². The molecule has 0 saturated heterocycles. The van der Waals surface area contributed by atoms with E-state index in [0.29, 0.717) is 5.92 Å². The second kappa shape index (κ2) is 4.97. The molecule has 0 bridgehead atoms. The Morgan fingerprint density at radius 2 is 2.00 bits per heavy atom. The second-order valence-corrected chi connectivity index (χ2v) is 6.73. The van der Waals surface area contributed by atoms with Crippen LogP contribution in [0.3, 0.4) is 0 Å². The van der Waals surface area contributed by atoms with E-state index < -0.39 is 6.04 Å². The van der Waals surface area contributed by atoms with Crippen LogP contribution in [-0.2, 0) is 11.2 Å². The first-order valence-corrected chi connectivity index (χ1v) is 6.95. The molecular weight excluding hydrogens is 236 g/mol. The maximum Gasteiger partial charge on any atom is 0.244 e. The Kier molecular flexibility index (Phi) is 3.68. The number of benzene rings is 1. The summed E-state index contributed by atoms with van der Waals surface area (Å²) in [6, 6.07) is 7.68. The van der Waals surface area contributed by atoms with Crippen LogP contribution in [0, 0.1) is 11.3 Å². The Balaban J connectivity index is 2.33. The molecule has 1 amide bonds. The molecule has 0 fully saturated rings. The zero-order valence-corrected chi connectivity index (χ0v) is 12.3. The third-order valence-electron chi connectivity index (χ3n) is 3.81. The molecule has 2 N–H and O–H groups in total. The van der Waals surface area contributed by atoms with Crippen LogP contribution in [0.1, 0.15) is 33.3 Å². The number of carbonyl (C=O) groups excluding carboxylic acids is 1. The van der Waals surface area contributed by atoms with Crippen LogP contribution in [0.15, 0.2) is 24.3 Å². The van der Waals surface area contributed by atoms with Crippen LogP contribution >= 0.6 is 0 Å². The van der Waals surface area contributed by atoms with Gasteiger partial charge in [-0.2, -0.15) is 0 Å². The fourth-order valence-corrected chi connectivity index (χ4v) is 2.54. The SMILES string of the molecule is CC1Cc2ccccc2N(C(=O)[C@@H](N)C(C)(C)C)C1. The molecule has 1 unspecified atom stereocenters. The average molecular weight is 260 g/mol. The monoisotopic (exact) mass is 260 g/mol. The summed E-state index contributed by atoms with van der Waals surface area (Å²) in [5.74, 6) is 0.512. The van der Waals surface area contributed by atoms with Gasteiger partial charge in [0.25, 0.3) is 0 Å². The van der Waals surface area contributed by atoms with Crippen molar-refractivity contribution in [2.45, 2.75) is 40.2 Å². The summed E-state index contributed by atoms with van der Waals surface area (Å²) >= 11 is 0. The first-order chi connectivity index (χ1) is 8.80. The first kappa shape index (κ1) is 14.1. The number of amides is 1. The van der Waals surface area contributed by atoms with Crippen LogP contribution in [0.2, 0.25) is 0 Å². The van der Waals surface area contributed by atoms with Gasteiger partial charge in [0.05, 0.1) is 6.04 Å². The number of anilines is 1. The first-order valence-electron chi connectivity index (χ1n) is 6.95. The van der Waals surface area contributed by atoms with Gasteiger partial charge in [0.15, 0.2) is 0 Å². The predicted octanol–water partition coefficient (Wildman–Crippen LogP) is 2.59. The number of fused-ring (bicyclic) bond motifs is 1. The van der Waals surface area contributed by atoms with Crippen molar-refractivity contribution in [3.8, 4) is 0 Å². The average Bonchev–Trinajstić information content (AvgIpc) is 2.34. The summed E-state index contributed by atoms with van der Waals surface area (Å²) in [4.78, 5) is 14.5. The number of rotatable bonds is 1. The van der Waals surface area contributed by atoms with Gasteiger partial charge >= 0.3 is 0 Å². The highest BCUT2D eigenvalue weighted by atomic mass is 16.2. The van der Waals surface area contributed by atoms with Gasteiger partial charge in [-0.1, -0.05) is 45.9 Å². The van der Waals surface area contributed by atoms with Crippen LogP contribution in [-0.4, -0.2) is 18.5 Å². The fourth-order valence-electron chi connectivity index (χ4n) is 2.54. The van der Waals surface area contributed by atoms with Gasteiger partial charge in [-0.05, 0) is 29.4 Å². The van der Waals surface area contributed by atoms with Gasteiger partial charge in [0, 0.05) is 12.2 Å². The summed E-state index contributed by atoms with van der Waals surface area (Å²) in [5, 5.41) is 0. The highest BCUT2D eigenvalue weighted by Gasteiger charge is 2.34. The molecule has 3 heteroatoms. The lowest BCUT2D eigenvalue weighted by Gasteiger charge is -2.37. The summed E-state index contributed by atoms with van der Waals surface area (Å²) in [6.07, 6.45) is 1.03. The molecule has 3 nitrogen and oxygen atoms in total. The summed E-state index contributed by atoms with van der Waals surface area (Å²) < 4.78 is 0. The van der Waals surface area contributed by atoms with E-state index >= 15 is 0 Å². The number of para-hydroxylation sites is 1. The minimum atomic E-state index is -0.467. The molecule has 1 aliphatic heterocycles. The van der Waals surface area contributed by atoms with Gasteiger partial charge in [0.2, 0.25) is 5.91 Å². The lowest BCUT2D eigenvalue weighted by Crippen LogP contribution is -2.52. The fraction of sp³-hybridized carbons (Fsp3) is 0.562. The summed E-state index contributed by atoms with van der Waals surface area (Å²) in [5.41, 5.74) is 8.20. The van der Waals surface area contributed by atoms with Crippen LogP contribution < -0.4 is 10.6 Å². The van der Waals surface area contributed by atoms with Crippen molar-refractivity contribution < 1.29 is 4.79 Å². The third kappa shape index (κ3) is 2.81. The van der Waals surface area contributed by atoms with Gasteiger partial charge in [-0.25, -0.2) is 0 Å². The molecule has 0 aliphatic carbocycles. The molecule has 0 spiro atoms. The molecule has 1 aromatic carbocycles. The number of hydrogen-bond acceptors (Lipinski definition) is 2. The summed E-state index contributed by atoms with van der Waals surface area (Å²) in [6.45, 7) is 8.97.